The Bertz CT molecular complexity index is 758. The molecule has 0 radical (unpaired) electrons. The van der Waals surface area contributed by atoms with Gasteiger partial charge in [0.2, 0.25) is 0 Å². The van der Waals surface area contributed by atoms with Crippen LogP contribution in [0.25, 0.3) is 16.1 Å². The SMILES string of the molecule is Cc1nn2c(=O)cc(CCl)[nH]c2c1-c1cccs1. The maximum absolute atomic E-state index is 11.9. The maximum Gasteiger partial charge on any atom is 0.274 e. The predicted molar refractivity (Wildman–Crippen MR) is 73.4 cm³/mol. The normalized spacial score (nSPS) is 11.2. The van der Waals surface area contributed by atoms with Crippen LogP contribution in [-0.2, 0) is 5.88 Å². The number of aromatic nitrogens is 3. The van der Waals surface area contributed by atoms with Crippen LogP contribution in [0.3, 0.4) is 0 Å². The first-order valence-corrected chi connectivity index (χ1v) is 6.83. The van der Waals surface area contributed by atoms with E-state index in [1.54, 1.807) is 11.3 Å². The van der Waals surface area contributed by atoms with Crippen molar-refractivity contribution < 1.29 is 0 Å². The summed E-state index contributed by atoms with van der Waals surface area (Å²) in [5.41, 5.74) is 3.04. The van der Waals surface area contributed by atoms with Gasteiger partial charge in [0, 0.05) is 16.6 Å². The van der Waals surface area contributed by atoms with Crippen molar-refractivity contribution in [1.82, 2.24) is 14.6 Å². The maximum atomic E-state index is 11.9. The molecule has 0 aliphatic rings. The highest BCUT2D eigenvalue weighted by molar-refractivity contribution is 7.13. The zero-order valence-electron chi connectivity index (χ0n) is 9.61. The lowest BCUT2D eigenvalue weighted by atomic mass is 10.2. The lowest BCUT2D eigenvalue weighted by Gasteiger charge is -2.00. The van der Waals surface area contributed by atoms with Crippen LogP contribution in [0.4, 0.5) is 0 Å². The molecule has 6 heteroatoms. The summed E-state index contributed by atoms with van der Waals surface area (Å²) >= 11 is 7.41. The highest BCUT2D eigenvalue weighted by Gasteiger charge is 2.15. The van der Waals surface area contributed by atoms with E-state index in [0.29, 0.717) is 11.3 Å². The van der Waals surface area contributed by atoms with Gasteiger partial charge < -0.3 is 4.98 Å². The number of halogens is 1. The third-order valence-electron chi connectivity index (χ3n) is 2.76. The van der Waals surface area contributed by atoms with E-state index in [-0.39, 0.29) is 11.4 Å². The van der Waals surface area contributed by atoms with Crippen LogP contribution in [0.2, 0.25) is 0 Å². The third-order valence-corrected chi connectivity index (χ3v) is 3.93. The number of thiophene rings is 1. The van der Waals surface area contributed by atoms with Gasteiger partial charge in [0.25, 0.3) is 5.56 Å². The number of hydrogen-bond donors (Lipinski definition) is 1. The Labute approximate surface area is 112 Å². The van der Waals surface area contributed by atoms with Crippen molar-refractivity contribution in [2.45, 2.75) is 12.8 Å². The first kappa shape index (κ1) is 11.5. The number of nitrogens with zero attached hydrogens (tertiary/aromatic N) is 2. The van der Waals surface area contributed by atoms with Crippen LogP contribution >= 0.6 is 22.9 Å². The molecule has 0 aromatic carbocycles. The zero-order valence-corrected chi connectivity index (χ0v) is 11.2. The number of rotatable bonds is 2. The molecule has 3 rings (SSSR count). The van der Waals surface area contributed by atoms with Gasteiger partial charge in [-0.1, -0.05) is 6.07 Å². The molecule has 0 fully saturated rings. The Morgan fingerprint density at radius 3 is 3.06 bits per heavy atom. The Morgan fingerprint density at radius 2 is 2.39 bits per heavy atom. The van der Waals surface area contributed by atoms with E-state index >= 15 is 0 Å². The fraction of sp³-hybridized carbons (Fsp3) is 0.167. The summed E-state index contributed by atoms with van der Waals surface area (Å²) in [4.78, 5) is 16.2. The molecule has 3 aromatic rings. The Kier molecular flexibility index (Phi) is 2.72. The van der Waals surface area contributed by atoms with E-state index < -0.39 is 0 Å². The summed E-state index contributed by atoms with van der Waals surface area (Å²) in [5.74, 6) is 0.278. The standard InChI is InChI=1S/C12H10ClN3OS/c1-7-11(9-3-2-4-18-9)12-14-8(6-13)5-10(17)16(12)15-7/h2-5,14H,6H2,1H3. The molecule has 3 aromatic heterocycles. The van der Waals surface area contributed by atoms with Gasteiger partial charge in [-0.2, -0.15) is 9.61 Å². The van der Waals surface area contributed by atoms with Crippen LogP contribution in [-0.4, -0.2) is 14.6 Å². The minimum Gasteiger partial charge on any atom is -0.342 e. The molecular weight excluding hydrogens is 270 g/mol. The first-order valence-electron chi connectivity index (χ1n) is 5.42. The first-order chi connectivity index (χ1) is 8.70. The van der Waals surface area contributed by atoms with E-state index in [1.165, 1.54) is 10.6 Å². The fourth-order valence-electron chi connectivity index (χ4n) is 1.99. The summed E-state index contributed by atoms with van der Waals surface area (Å²) in [6.45, 7) is 1.90. The monoisotopic (exact) mass is 279 g/mol. The smallest absolute Gasteiger partial charge is 0.274 e. The van der Waals surface area contributed by atoms with Crippen LogP contribution < -0.4 is 5.56 Å². The fourth-order valence-corrected chi connectivity index (χ4v) is 2.96. The van der Waals surface area contributed by atoms with E-state index in [4.69, 9.17) is 11.6 Å². The average Bonchev–Trinajstić information content (AvgIpc) is 2.95. The van der Waals surface area contributed by atoms with Gasteiger partial charge in [-0.3, -0.25) is 4.79 Å². The van der Waals surface area contributed by atoms with E-state index in [2.05, 4.69) is 10.1 Å². The summed E-state index contributed by atoms with van der Waals surface area (Å²) < 4.78 is 1.39. The molecule has 0 spiro atoms. The lowest BCUT2D eigenvalue weighted by Crippen LogP contribution is -2.15. The summed E-state index contributed by atoms with van der Waals surface area (Å²) in [6.07, 6.45) is 0. The van der Waals surface area contributed by atoms with Crippen molar-refractivity contribution in [3.63, 3.8) is 0 Å². The molecule has 0 saturated heterocycles. The molecule has 1 N–H and O–H groups in total. The second kappa shape index (κ2) is 4.26. The largest absolute Gasteiger partial charge is 0.342 e. The lowest BCUT2D eigenvalue weighted by molar-refractivity contribution is 0.871. The van der Waals surface area contributed by atoms with Gasteiger partial charge in [-0.05, 0) is 18.4 Å². The molecule has 0 bridgehead atoms. The number of hydrogen-bond acceptors (Lipinski definition) is 3. The summed E-state index contributed by atoms with van der Waals surface area (Å²) in [5, 5.41) is 6.28. The molecule has 0 aliphatic carbocycles. The molecule has 0 saturated carbocycles. The van der Waals surface area contributed by atoms with Crippen molar-refractivity contribution in [3.05, 3.63) is 45.3 Å². The van der Waals surface area contributed by atoms with Crippen LogP contribution in [0.1, 0.15) is 11.4 Å². The van der Waals surface area contributed by atoms with Crippen LogP contribution in [0, 0.1) is 6.92 Å². The Morgan fingerprint density at radius 1 is 1.56 bits per heavy atom. The molecule has 3 heterocycles. The number of fused-ring (bicyclic) bond motifs is 1. The quantitative estimate of drug-likeness (QED) is 0.734. The molecule has 0 atom stereocenters. The zero-order chi connectivity index (χ0) is 12.7. The molecule has 0 unspecified atom stereocenters. The van der Waals surface area contributed by atoms with Gasteiger partial charge >= 0.3 is 0 Å². The van der Waals surface area contributed by atoms with Crippen molar-refractivity contribution >= 4 is 28.6 Å². The topological polar surface area (TPSA) is 50.2 Å². The molecular formula is C12H10ClN3OS. The molecule has 0 aliphatic heterocycles. The molecule has 92 valence electrons. The minimum atomic E-state index is -0.162. The van der Waals surface area contributed by atoms with Gasteiger partial charge in [0.15, 0.2) is 0 Å². The highest BCUT2D eigenvalue weighted by Crippen LogP contribution is 2.30. The van der Waals surface area contributed by atoms with Crippen molar-refractivity contribution in [3.8, 4) is 10.4 Å². The number of aryl methyl sites for hydroxylation is 1. The molecule has 4 nitrogen and oxygen atoms in total. The van der Waals surface area contributed by atoms with E-state index in [0.717, 1.165) is 16.1 Å². The Balaban J connectivity index is 2.41. The van der Waals surface area contributed by atoms with Gasteiger partial charge in [-0.25, -0.2) is 0 Å². The van der Waals surface area contributed by atoms with Gasteiger partial charge in [-0.15, -0.1) is 22.9 Å². The van der Waals surface area contributed by atoms with E-state index in [1.807, 2.05) is 24.4 Å². The summed E-state index contributed by atoms with van der Waals surface area (Å²) in [6, 6.07) is 5.47. The number of aromatic amines is 1. The Hall–Kier alpha value is -1.59. The van der Waals surface area contributed by atoms with E-state index in [9.17, 15) is 4.79 Å². The number of alkyl halides is 1. The number of nitrogens with one attached hydrogen (secondary N) is 1. The average molecular weight is 280 g/mol. The minimum absolute atomic E-state index is 0.162. The van der Waals surface area contributed by atoms with Gasteiger partial charge in [0.1, 0.15) is 5.65 Å². The van der Waals surface area contributed by atoms with Crippen molar-refractivity contribution in [2.75, 3.05) is 0 Å². The molecule has 0 amide bonds. The van der Waals surface area contributed by atoms with Crippen LogP contribution in [0.15, 0.2) is 28.4 Å². The number of H-pyrrole nitrogens is 1. The second-order valence-electron chi connectivity index (χ2n) is 3.96. The predicted octanol–water partition coefficient (Wildman–Crippen LogP) is 2.80. The van der Waals surface area contributed by atoms with Crippen LogP contribution in [0.5, 0.6) is 0 Å². The van der Waals surface area contributed by atoms with Crippen molar-refractivity contribution in [1.29, 1.82) is 0 Å². The summed E-state index contributed by atoms with van der Waals surface area (Å²) in [7, 11) is 0. The van der Waals surface area contributed by atoms with Crippen molar-refractivity contribution in [2.24, 2.45) is 0 Å². The highest BCUT2D eigenvalue weighted by atomic mass is 35.5. The molecule has 18 heavy (non-hydrogen) atoms. The van der Waals surface area contributed by atoms with Gasteiger partial charge in [0.05, 0.1) is 17.1 Å². The second-order valence-corrected chi connectivity index (χ2v) is 5.18. The third kappa shape index (κ3) is 1.67.